The topological polar surface area (TPSA) is 128 Å². The van der Waals surface area contributed by atoms with Crippen LogP contribution in [-0.4, -0.2) is 26.2 Å². The van der Waals surface area contributed by atoms with E-state index in [4.69, 9.17) is 4.42 Å². The first kappa shape index (κ1) is 20.1. The molecule has 144 valence electrons. The summed E-state index contributed by atoms with van der Waals surface area (Å²) in [5, 5.41) is 41.5. The standard InChI is InChI=1S/C20H22O7/c1-9(2)5-6-12-17(23)14(19(25)16(11(4)21)18(12)24)8-13-15(22)7-10(3)27-20(13)26/h5,7,22-25H,6,8H2,1-4H3. The number of hydrogen-bond donors (Lipinski definition) is 4. The van der Waals surface area contributed by atoms with Gasteiger partial charge >= 0.3 is 5.63 Å². The van der Waals surface area contributed by atoms with Gasteiger partial charge in [0, 0.05) is 23.6 Å². The van der Waals surface area contributed by atoms with Gasteiger partial charge in [-0.2, -0.15) is 0 Å². The fraction of sp³-hybridized carbons (Fsp3) is 0.300. The fourth-order valence-corrected chi connectivity index (χ4v) is 2.78. The number of ketones is 1. The first-order chi connectivity index (χ1) is 12.5. The van der Waals surface area contributed by atoms with Gasteiger partial charge in [0.05, 0.1) is 5.56 Å². The summed E-state index contributed by atoms with van der Waals surface area (Å²) in [5.41, 5.74) is -0.540. The first-order valence-corrected chi connectivity index (χ1v) is 8.30. The Hall–Kier alpha value is -3.22. The minimum absolute atomic E-state index is 0.0465. The number of carbonyl (C=O) groups excluding carboxylic acids is 1. The van der Waals surface area contributed by atoms with Gasteiger partial charge in [-0.25, -0.2) is 4.79 Å². The molecule has 2 aromatic rings. The molecule has 0 atom stereocenters. The number of aromatic hydroxyl groups is 4. The van der Waals surface area contributed by atoms with Gasteiger partial charge in [-0.05, 0) is 34.1 Å². The van der Waals surface area contributed by atoms with E-state index in [1.165, 1.54) is 13.0 Å². The van der Waals surface area contributed by atoms with E-state index in [2.05, 4.69) is 0 Å². The molecule has 0 bridgehead atoms. The molecular weight excluding hydrogens is 352 g/mol. The number of hydrogen-bond acceptors (Lipinski definition) is 7. The Labute approximate surface area is 155 Å². The smallest absolute Gasteiger partial charge is 0.343 e. The average Bonchev–Trinajstić information content (AvgIpc) is 2.52. The molecule has 7 nitrogen and oxygen atoms in total. The molecule has 1 aromatic carbocycles. The maximum atomic E-state index is 12.1. The van der Waals surface area contributed by atoms with Crippen LogP contribution in [0.4, 0.5) is 0 Å². The number of aryl methyl sites for hydroxylation is 1. The summed E-state index contributed by atoms with van der Waals surface area (Å²) in [5.74, 6) is -2.37. The Morgan fingerprint density at radius 1 is 1.00 bits per heavy atom. The quantitative estimate of drug-likeness (QED) is 0.468. The van der Waals surface area contributed by atoms with Crippen molar-refractivity contribution < 1.29 is 29.6 Å². The SMILES string of the molecule is CC(=O)c1c(O)c(CC=C(C)C)c(O)c(Cc2c(O)cc(C)oc2=O)c1O. The normalized spacial score (nSPS) is 10.7. The highest BCUT2D eigenvalue weighted by Gasteiger charge is 2.27. The van der Waals surface area contributed by atoms with Crippen molar-refractivity contribution in [2.75, 3.05) is 0 Å². The summed E-state index contributed by atoms with van der Waals surface area (Å²) >= 11 is 0. The van der Waals surface area contributed by atoms with Crippen LogP contribution in [0.25, 0.3) is 0 Å². The first-order valence-electron chi connectivity index (χ1n) is 8.30. The zero-order valence-electron chi connectivity index (χ0n) is 15.6. The van der Waals surface area contributed by atoms with E-state index >= 15 is 0 Å². The molecule has 0 amide bonds. The summed E-state index contributed by atoms with van der Waals surface area (Å²) in [6.07, 6.45) is 1.47. The molecule has 0 aliphatic carbocycles. The molecule has 0 saturated heterocycles. The second-order valence-electron chi connectivity index (χ2n) is 6.60. The lowest BCUT2D eigenvalue weighted by Crippen LogP contribution is -2.10. The number of Topliss-reactive ketones (excluding diaryl/α,β-unsaturated/α-hetero) is 1. The van der Waals surface area contributed by atoms with Gasteiger partial charge < -0.3 is 24.8 Å². The third-order valence-corrected chi connectivity index (χ3v) is 4.19. The molecule has 0 fully saturated rings. The van der Waals surface area contributed by atoms with Crippen molar-refractivity contribution in [3.05, 3.63) is 56.1 Å². The molecular formula is C20H22O7. The number of phenolic OH excluding ortho intramolecular Hbond substituents is 3. The predicted molar refractivity (Wildman–Crippen MR) is 98.8 cm³/mol. The van der Waals surface area contributed by atoms with Crippen LogP contribution in [0.1, 0.15) is 53.6 Å². The van der Waals surface area contributed by atoms with Gasteiger partial charge in [0.2, 0.25) is 0 Å². The van der Waals surface area contributed by atoms with Gasteiger partial charge in [0.1, 0.15) is 34.3 Å². The van der Waals surface area contributed by atoms with Gasteiger partial charge in [-0.1, -0.05) is 11.6 Å². The highest BCUT2D eigenvalue weighted by Crippen LogP contribution is 2.44. The second-order valence-corrected chi connectivity index (χ2v) is 6.60. The Balaban J connectivity index is 2.74. The molecule has 0 spiro atoms. The Morgan fingerprint density at radius 3 is 2.11 bits per heavy atom. The summed E-state index contributed by atoms with van der Waals surface area (Å²) in [6.45, 7) is 6.32. The average molecular weight is 374 g/mol. The maximum absolute atomic E-state index is 12.1. The van der Waals surface area contributed by atoms with Crippen molar-refractivity contribution in [3.63, 3.8) is 0 Å². The molecule has 2 rings (SSSR count). The van der Waals surface area contributed by atoms with Crippen molar-refractivity contribution in [1.29, 1.82) is 0 Å². The summed E-state index contributed by atoms with van der Waals surface area (Å²) in [4.78, 5) is 24.0. The molecule has 7 heteroatoms. The third kappa shape index (κ3) is 3.97. The van der Waals surface area contributed by atoms with E-state index in [-0.39, 0.29) is 46.6 Å². The van der Waals surface area contributed by atoms with Crippen LogP contribution in [0.5, 0.6) is 23.0 Å². The van der Waals surface area contributed by atoms with Crippen LogP contribution in [0.15, 0.2) is 26.9 Å². The van der Waals surface area contributed by atoms with Crippen LogP contribution in [-0.2, 0) is 12.8 Å². The molecule has 0 unspecified atom stereocenters. The van der Waals surface area contributed by atoms with Crippen LogP contribution in [0.2, 0.25) is 0 Å². The van der Waals surface area contributed by atoms with E-state index in [0.717, 1.165) is 12.5 Å². The Bertz CT molecular complexity index is 993. The van der Waals surface area contributed by atoms with Crippen LogP contribution in [0.3, 0.4) is 0 Å². The monoisotopic (exact) mass is 374 g/mol. The zero-order chi connectivity index (χ0) is 20.5. The lowest BCUT2D eigenvalue weighted by atomic mass is 9.92. The molecule has 0 saturated carbocycles. The number of phenols is 3. The van der Waals surface area contributed by atoms with Crippen molar-refractivity contribution in [2.24, 2.45) is 0 Å². The zero-order valence-corrected chi connectivity index (χ0v) is 15.6. The fourth-order valence-electron chi connectivity index (χ4n) is 2.78. The molecule has 27 heavy (non-hydrogen) atoms. The lowest BCUT2D eigenvalue weighted by Gasteiger charge is -2.17. The van der Waals surface area contributed by atoms with Gasteiger partial charge in [-0.15, -0.1) is 0 Å². The van der Waals surface area contributed by atoms with E-state index in [1.807, 2.05) is 13.8 Å². The Morgan fingerprint density at radius 2 is 1.59 bits per heavy atom. The minimum atomic E-state index is -0.824. The molecule has 0 aliphatic rings. The summed E-state index contributed by atoms with van der Waals surface area (Å²) in [6, 6.07) is 1.24. The van der Waals surface area contributed by atoms with Crippen molar-refractivity contribution in [3.8, 4) is 23.0 Å². The van der Waals surface area contributed by atoms with Crippen LogP contribution in [0, 0.1) is 6.92 Å². The number of rotatable bonds is 5. The van der Waals surface area contributed by atoms with Crippen molar-refractivity contribution >= 4 is 5.78 Å². The predicted octanol–water partition coefficient (Wildman–Crippen LogP) is 3.07. The van der Waals surface area contributed by atoms with E-state index in [0.29, 0.717) is 0 Å². The number of carbonyl (C=O) groups is 1. The third-order valence-electron chi connectivity index (χ3n) is 4.19. The van der Waals surface area contributed by atoms with Gasteiger partial charge in [-0.3, -0.25) is 4.79 Å². The highest BCUT2D eigenvalue weighted by atomic mass is 16.4. The van der Waals surface area contributed by atoms with Crippen LogP contribution >= 0.6 is 0 Å². The molecule has 1 heterocycles. The maximum Gasteiger partial charge on any atom is 0.343 e. The molecule has 0 radical (unpaired) electrons. The summed E-state index contributed by atoms with van der Waals surface area (Å²) in [7, 11) is 0. The molecule has 1 aromatic heterocycles. The molecule has 4 N–H and O–H groups in total. The molecule has 0 aliphatic heterocycles. The number of allylic oxidation sites excluding steroid dienone is 2. The van der Waals surface area contributed by atoms with Crippen LogP contribution < -0.4 is 5.63 Å². The van der Waals surface area contributed by atoms with E-state index < -0.39 is 28.7 Å². The second kappa shape index (κ2) is 7.57. The van der Waals surface area contributed by atoms with Crippen molar-refractivity contribution in [2.45, 2.75) is 40.5 Å². The lowest BCUT2D eigenvalue weighted by molar-refractivity contribution is 0.101. The number of benzene rings is 1. The highest BCUT2D eigenvalue weighted by molar-refractivity contribution is 6.01. The Kier molecular flexibility index (Phi) is 5.64. The summed E-state index contributed by atoms with van der Waals surface area (Å²) < 4.78 is 4.95. The largest absolute Gasteiger partial charge is 0.507 e. The van der Waals surface area contributed by atoms with Gasteiger partial charge in [0.25, 0.3) is 0 Å². The van der Waals surface area contributed by atoms with E-state index in [1.54, 1.807) is 6.08 Å². The van der Waals surface area contributed by atoms with Crippen molar-refractivity contribution in [1.82, 2.24) is 0 Å². The van der Waals surface area contributed by atoms with Gasteiger partial charge in [0.15, 0.2) is 5.78 Å². The minimum Gasteiger partial charge on any atom is -0.507 e. The van der Waals surface area contributed by atoms with E-state index in [9.17, 15) is 30.0 Å².